The maximum absolute atomic E-state index is 13.4. The summed E-state index contributed by atoms with van der Waals surface area (Å²) >= 11 is 0. The molecule has 0 aliphatic heterocycles. The zero-order valence-corrected chi connectivity index (χ0v) is 19.8. The smallest absolute Gasteiger partial charge is 0.384 e. The van der Waals surface area contributed by atoms with Gasteiger partial charge in [0.15, 0.2) is 0 Å². The third-order valence-corrected chi connectivity index (χ3v) is 7.10. The molecule has 1 heterocycles. The number of nitrogens with one attached hydrogen (secondary N) is 3. The highest BCUT2D eigenvalue weighted by Crippen LogP contribution is 2.50. The molecule has 2 fully saturated rings. The molecule has 2 amide bonds. The van der Waals surface area contributed by atoms with Gasteiger partial charge in [0, 0.05) is 11.6 Å². The zero-order chi connectivity index (χ0) is 26.3. The molecule has 2 aromatic rings. The Labute approximate surface area is 204 Å². The molecule has 1 aromatic carbocycles. The van der Waals surface area contributed by atoms with Crippen LogP contribution in [-0.4, -0.2) is 39.4 Å². The Kier molecular flexibility index (Phi) is 6.80. The van der Waals surface area contributed by atoms with E-state index in [4.69, 9.17) is 4.42 Å². The number of amides is 2. The van der Waals surface area contributed by atoms with Gasteiger partial charge in [0.2, 0.25) is 11.7 Å². The molecule has 1 aromatic heterocycles. The third kappa shape index (κ3) is 5.07. The Morgan fingerprint density at radius 3 is 2.36 bits per heavy atom. The molecule has 0 spiro atoms. The van der Waals surface area contributed by atoms with E-state index in [-0.39, 0.29) is 17.4 Å². The predicted molar refractivity (Wildman–Crippen MR) is 120 cm³/mol. The second-order valence-corrected chi connectivity index (χ2v) is 9.81. The number of hydrogen-bond donors (Lipinski definition) is 3. The normalized spacial score (nSPS) is 25.9. The summed E-state index contributed by atoms with van der Waals surface area (Å²) in [5, 5.41) is 11.3. The van der Waals surface area contributed by atoms with Crippen LogP contribution in [0, 0.1) is 17.8 Å². The van der Waals surface area contributed by atoms with Gasteiger partial charge in [0.05, 0.1) is 11.5 Å². The van der Waals surface area contributed by atoms with Crippen molar-refractivity contribution in [2.45, 2.75) is 63.7 Å². The number of aromatic amines is 1. The van der Waals surface area contributed by atoms with E-state index in [0.29, 0.717) is 19.3 Å². The van der Waals surface area contributed by atoms with E-state index in [1.807, 2.05) is 13.8 Å². The van der Waals surface area contributed by atoms with Gasteiger partial charge in [-0.05, 0) is 55.4 Å². The van der Waals surface area contributed by atoms with Crippen molar-refractivity contribution in [1.82, 2.24) is 20.8 Å². The first-order chi connectivity index (χ1) is 16.9. The molecular formula is C24H27F3N4O5. The average molecular weight is 508 g/mol. The van der Waals surface area contributed by atoms with Gasteiger partial charge < -0.3 is 15.1 Å². The van der Waals surface area contributed by atoms with Crippen molar-refractivity contribution in [3.63, 3.8) is 0 Å². The number of alkyl halides is 3. The van der Waals surface area contributed by atoms with Gasteiger partial charge in [-0.3, -0.25) is 14.4 Å². The van der Waals surface area contributed by atoms with Crippen molar-refractivity contribution in [3.8, 4) is 0 Å². The van der Waals surface area contributed by atoms with Crippen LogP contribution >= 0.6 is 0 Å². The Hall–Kier alpha value is -3.44. The molecule has 2 saturated carbocycles. The van der Waals surface area contributed by atoms with Gasteiger partial charge in [0.25, 0.3) is 11.8 Å². The summed E-state index contributed by atoms with van der Waals surface area (Å²) in [4.78, 5) is 50.6. The standard InChI is InChI=1S/C24H27F3N4O5/c1-12(2)16-11-23(16,18(32)21-30-31-22(35)36-21)29-20(34)15-5-3-4-6-17(15)28-19(33)13-7-9-14(10-8-13)24(25,26)27/h7-10,12,15-17H,3-6,11H2,1-2H3,(H,28,33)(H,29,34)(H,31,35)/t15-,16+,17+,23?/m1/s1. The first-order valence-electron chi connectivity index (χ1n) is 11.8. The summed E-state index contributed by atoms with van der Waals surface area (Å²) < 4.78 is 43.3. The number of Topliss-reactive ketones (excluding diaryl/α,β-unsaturated/α-hetero) is 1. The minimum atomic E-state index is -4.51. The molecule has 194 valence electrons. The fourth-order valence-electron chi connectivity index (χ4n) is 5.06. The lowest BCUT2D eigenvalue weighted by Crippen LogP contribution is -2.53. The highest BCUT2D eigenvalue weighted by molar-refractivity contribution is 6.05. The minimum absolute atomic E-state index is 0.0509. The van der Waals surface area contributed by atoms with Crippen LogP contribution < -0.4 is 16.4 Å². The number of ketones is 1. The molecule has 4 atom stereocenters. The molecule has 12 heteroatoms. The third-order valence-electron chi connectivity index (χ3n) is 7.10. The maximum atomic E-state index is 13.4. The second-order valence-electron chi connectivity index (χ2n) is 9.81. The molecule has 4 rings (SSSR count). The van der Waals surface area contributed by atoms with E-state index < -0.39 is 58.5 Å². The molecule has 36 heavy (non-hydrogen) atoms. The van der Waals surface area contributed by atoms with Gasteiger partial charge >= 0.3 is 11.9 Å². The predicted octanol–water partition coefficient (Wildman–Crippen LogP) is 3.08. The van der Waals surface area contributed by atoms with Gasteiger partial charge in [-0.1, -0.05) is 26.7 Å². The first kappa shape index (κ1) is 25.6. The van der Waals surface area contributed by atoms with Crippen molar-refractivity contribution < 1.29 is 32.0 Å². The van der Waals surface area contributed by atoms with Crippen molar-refractivity contribution >= 4 is 17.6 Å². The molecule has 9 nitrogen and oxygen atoms in total. The molecule has 1 unspecified atom stereocenters. The van der Waals surface area contributed by atoms with E-state index in [2.05, 4.69) is 20.8 Å². The minimum Gasteiger partial charge on any atom is -0.384 e. The summed E-state index contributed by atoms with van der Waals surface area (Å²) in [6, 6.07) is 3.31. The van der Waals surface area contributed by atoms with Crippen LogP contribution in [0.15, 0.2) is 33.5 Å². The fraction of sp³-hybridized carbons (Fsp3) is 0.542. The van der Waals surface area contributed by atoms with Crippen molar-refractivity contribution in [2.75, 3.05) is 0 Å². The number of rotatable bonds is 7. The fourth-order valence-corrected chi connectivity index (χ4v) is 5.06. The molecule has 2 aliphatic carbocycles. The number of aromatic nitrogens is 2. The Morgan fingerprint density at radius 2 is 1.81 bits per heavy atom. The summed E-state index contributed by atoms with van der Waals surface area (Å²) in [6.45, 7) is 3.83. The Bertz CT molecular complexity index is 1200. The van der Waals surface area contributed by atoms with Crippen LogP contribution in [0.25, 0.3) is 0 Å². The van der Waals surface area contributed by atoms with E-state index >= 15 is 0 Å². The van der Waals surface area contributed by atoms with Gasteiger partial charge in [-0.2, -0.15) is 13.2 Å². The SMILES string of the molecule is CC(C)[C@@H]1CC1(NC(=O)[C@@H]1CCCC[C@@H]1NC(=O)c1ccc(C(F)(F)F)cc1)C(=O)c1n[nH]c(=O)o1. The number of benzene rings is 1. The highest BCUT2D eigenvalue weighted by atomic mass is 19.4. The molecule has 0 radical (unpaired) electrons. The van der Waals surface area contributed by atoms with Crippen LogP contribution in [0.3, 0.4) is 0 Å². The van der Waals surface area contributed by atoms with Gasteiger partial charge in [-0.15, -0.1) is 5.10 Å². The summed E-state index contributed by atoms with van der Waals surface area (Å²) in [6.07, 6.45) is -1.66. The molecule has 0 bridgehead atoms. The van der Waals surface area contributed by atoms with Gasteiger partial charge in [-0.25, -0.2) is 9.89 Å². The Morgan fingerprint density at radius 1 is 1.14 bits per heavy atom. The topological polar surface area (TPSA) is 134 Å². The first-order valence-corrected chi connectivity index (χ1v) is 11.8. The largest absolute Gasteiger partial charge is 0.434 e. The zero-order valence-electron chi connectivity index (χ0n) is 19.8. The lowest BCUT2D eigenvalue weighted by molar-refractivity contribution is -0.137. The lowest BCUT2D eigenvalue weighted by Gasteiger charge is -2.32. The van der Waals surface area contributed by atoms with Gasteiger partial charge in [0.1, 0.15) is 5.54 Å². The van der Waals surface area contributed by atoms with E-state index in [1.54, 1.807) is 0 Å². The second kappa shape index (κ2) is 9.55. The van der Waals surface area contributed by atoms with Crippen LogP contribution in [-0.2, 0) is 11.0 Å². The van der Waals surface area contributed by atoms with Crippen LogP contribution in [0.4, 0.5) is 13.2 Å². The van der Waals surface area contributed by atoms with Crippen LogP contribution in [0.2, 0.25) is 0 Å². The number of carbonyl (C=O) groups is 3. The van der Waals surface area contributed by atoms with Crippen molar-refractivity contribution in [2.24, 2.45) is 17.8 Å². The average Bonchev–Trinajstić information content (AvgIpc) is 3.41. The lowest BCUT2D eigenvalue weighted by atomic mass is 9.83. The number of nitrogens with zero attached hydrogens (tertiary/aromatic N) is 1. The molecule has 2 aliphatic rings. The summed E-state index contributed by atoms with van der Waals surface area (Å²) in [5.41, 5.74) is -2.06. The highest BCUT2D eigenvalue weighted by Gasteiger charge is 2.63. The van der Waals surface area contributed by atoms with E-state index in [9.17, 15) is 32.3 Å². The summed E-state index contributed by atoms with van der Waals surface area (Å²) in [7, 11) is 0. The van der Waals surface area contributed by atoms with E-state index in [1.165, 1.54) is 0 Å². The molecular weight excluding hydrogens is 481 g/mol. The number of H-pyrrole nitrogens is 1. The molecule has 3 N–H and O–H groups in total. The van der Waals surface area contributed by atoms with Crippen LogP contribution in [0.1, 0.15) is 72.6 Å². The van der Waals surface area contributed by atoms with Crippen molar-refractivity contribution in [1.29, 1.82) is 0 Å². The number of halogens is 3. The van der Waals surface area contributed by atoms with Crippen LogP contribution in [0.5, 0.6) is 0 Å². The summed E-state index contributed by atoms with van der Waals surface area (Å²) in [5.74, 6) is -3.62. The van der Waals surface area contributed by atoms with Crippen molar-refractivity contribution in [3.05, 3.63) is 51.8 Å². The number of carbonyl (C=O) groups excluding carboxylic acids is 3. The van der Waals surface area contributed by atoms with E-state index in [0.717, 1.165) is 37.1 Å². The molecule has 0 saturated heterocycles. The maximum Gasteiger partial charge on any atom is 0.434 e. The monoisotopic (exact) mass is 508 g/mol. The number of hydrogen-bond acceptors (Lipinski definition) is 6. The quantitative estimate of drug-likeness (QED) is 0.492. The Balaban J connectivity index is 1.48.